The van der Waals surface area contributed by atoms with Crippen molar-refractivity contribution in [3.05, 3.63) is 28.2 Å². The number of halogens is 2. The molecule has 1 amide bonds. The number of carbonyl (C=O) groups is 1. The second kappa shape index (κ2) is 6.86. The molecule has 1 aliphatic rings. The van der Waals surface area contributed by atoms with Crippen molar-refractivity contribution in [1.82, 2.24) is 4.90 Å². The number of aliphatic hydroxyl groups is 1. The number of likely N-dealkylation sites (N-methyl/N-ethyl adjacent to an activating group) is 1. The maximum Gasteiger partial charge on any atom is 0.263 e. The van der Waals surface area contributed by atoms with Crippen molar-refractivity contribution < 1.29 is 14.6 Å². The molecule has 0 heterocycles. The Kier molecular flexibility index (Phi) is 5.36. The Labute approximate surface area is 134 Å². The smallest absolute Gasteiger partial charge is 0.263 e. The van der Waals surface area contributed by atoms with Crippen molar-refractivity contribution in [3.8, 4) is 5.75 Å². The average molecular weight is 332 g/mol. The third-order valence-corrected chi connectivity index (χ3v) is 4.20. The van der Waals surface area contributed by atoms with Crippen LogP contribution in [0.5, 0.6) is 5.75 Å². The van der Waals surface area contributed by atoms with E-state index in [1.807, 2.05) is 0 Å². The van der Waals surface area contributed by atoms with Crippen LogP contribution in [0, 0.1) is 5.92 Å². The molecule has 0 radical (unpaired) electrons. The molecule has 1 unspecified atom stereocenters. The number of hydrogen-bond acceptors (Lipinski definition) is 3. The van der Waals surface area contributed by atoms with Gasteiger partial charge >= 0.3 is 0 Å². The third-order valence-electron chi connectivity index (χ3n) is 3.66. The van der Waals surface area contributed by atoms with Gasteiger partial charge in [-0.05, 0) is 43.9 Å². The molecule has 1 saturated carbocycles. The molecule has 0 aromatic heterocycles. The van der Waals surface area contributed by atoms with Gasteiger partial charge in [0.2, 0.25) is 0 Å². The largest absolute Gasteiger partial charge is 0.479 e. The molecular formula is C15H19Cl2NO3. The highest BCUT2D eigenvalue weighted by Gasteiger charge is 2.30. The number of nitrogens with zero attached hydrogens (tertiary/aromatic N) is 1. The topological polar surface area (TPSA) is 49.8 Å². The van der Waals surface area contributed by atoms with Crippen molar-refractivity contribution in [2.24, 2.45) is 5.92 Å². The zero-order valence-corrected chi connectivity index (χ0v) is 13.6. The Morgan fingerprint density at radius 1 is 1.48 bits per heavy atom. The highest BCUT2D eigenvalue weighted by Crippen LogP contribution is 2.29. The number of aliphatic hydroxyl groups excluding tert-OH is 1. The minimum atomic E-state index is -0.626. The van der Waals surface area contributed by atoms with Crippen LogP contribution >= 0.6 is 23.2 Å². The molecular weight excluding hydrogens is 313 g/mol. The molecule has 2 rings (SSSR count). The van der Waals surface area contributed by atoms with Gasteiger partial charge in [-0.15, -0.1) is 0 Å². The Morgan fingerprint density at radius 2 is 2.14 bits per heavy atom. The summed E-state index contributed by atoms with van der Waals surface area (Å²) in [6, 6.07) is 4.89. The maximum atomic E-state index is 12.3. The van der Waals surface area contributed by atoms with Gasteiger partial charge in [-0.1, -0.05) is 23.2 Å². The van der Waals surface area contributed by atoms with E-state index in [0.29, 0.717) is 28.3 Å². The fraction of sp³-hybridized carbons (Fsp3) is 0.533. The third kappa shape index (κ3) is 4.25. The summed E-state index contributed by atoms with van der Waals surface area (Å²) in [6.45, 7) is 2.33. The average Bonchev–Trinajstić information content (AvgIpc) is 2.39. The highest BCUT2D eigenvalue weighted by atomic mass is 35.5. The molecule has 0 bridgehead atoms. The van der Waals surface area contributed by atoms with Crippen molar-refractivity contribution in [1.29, 1.82) is 0 Å². The molecule has 1 aliphatic carbocycles. The minimum Gasteiger partial charge on any atom is -0.479 e. The lowest BCUT2D eigenvalue weighted by Gasteiger charge is -2.35. The molecule has 0 spiro atoms. The van der Waals surface area contributed by atoms with Gasteiger partial charge in [-0.2, -0.15) is 0 Å². The van der Waals surface area contributed by atoms with E-state index < -0.39 is 6.10 Å². The monoisotopic (exact) mass is 331 g/mol. The van der Waals surface area contributed by atoms with E-state index in [4.69, 9.17) is 27.9 Å². The summed E-state index contributed by atoms with van der Waals surface area (Å²) in [5, 5.41) is 10.2. The van der Waals surface area contributed by atoms with E-state index in [0.717, 1.165) is 12.8 Å². The van der Waals surface area contributed by atoms with Gasteiger partial charge in [0.1, 0.15) is 5.75 Å². The van der Waals surface area contributed by atoms with Crippen LogP contribution in [-0.4, -0.2) is 41.7 Å². The summed E-state index contributed by atoms with van der Waals surface area (Å²) in [7, 11) is 1.75. The fourth-order valence-corrected chi connectivity index (χ4v) is 2.90. The number of hydrogen-bond donors (Lipinski definition) is 1. The summed E-state index contributed by atoms with van der Waals surface area (Å²) in [5.74, 6) is 0.706. The Morgan fingerprint density at radius 3 is 2.71 bits per heavy atom. The normalized spacial score (nSPS) is 22.3. The summed E-state index contributed by atoms with van der Waals surface area (Å²) in [6.07, 6.45) is 0.685. The minimum absolute atomic E-state index is 0.109. The van der Waals surface area contributed by atoms with E-state index in [1.165, 1.54) is 0 Å². The molecule has 1 fully saturated rings. The molecule has 1 atom stereocenters. The number of benzene rings is 1. The standard InChI is InChI=1S/C15H19Cl2NO3/c1-9(21-14-4-3-11(16)7-13(14)17)15(20)18(2)8-10-5-12(19)6-10/h3-4,7,9-10,12,19H,5-6,8H2,1-2H3. The summed E-state index contributed by atoms with van der Waals surface area (Å²) < 4.78 is 5.61. The molecule has 4 nitrogen and oxygen atoms in total. The first kappa shape index (κ1) is 16.4. The highest BCUT2D eigenvalue weighted by molar-refractivity contribution is 6.35. The predicted octanol–water partition coefficient (Wildman–Crippen LogP) is 2.99. The fourth-order valence-electron chi connectivity index (χ4n) is 2.45. The van der Waals surface area contributed by atoms with E-state index >= 15 is 0 Å². The molecule has 1 aromatic carbocycles. The molecule has 21 heavy (non-hydrogen) atoms. The Bertz CT molecular complexity index is 518. The molecule has 1 N–H and O–H groups in total. The second-order valence-corrected chi connectivity index (χ2v) is 6.39. The number of carbonyl (C=O) groups excluding carboxylic acids is 1. The van der Waals surface area contributed by atoms with Gasteiger partial charge in [-0.3, -0.25) is 4.79 Å². The van der Waals surface area contributed by atoms with E-state index in [-0.39, 0.29) is 12.0 Å². The van der Waals surface area contributed by atoms with E-state index in [1.54, 1.807) is 37.1 Å². The van der Waals surface area contributed by atoms with Crippen LogP contribution in [0.2, 0.25) is 10.0 Å². The Hall–Kier alpha value is -0.970. The quantitative estimate of drug-likeness (QED) is 0.902. The molecule has 6 heteroatoms. The second-order valence-electron chi connectivity index (χ2n) is 5.54. The van der Waals surface area contributed by atoms with Gasteiger partial charge in [-0.25, -0.2) is 0 Å². The molecule has 0 saturated heterocycles. The van der Waals surface area contributed by atoms with Gasteiger partial charge in [0.15, 0.2) is 6.10 Å². The van der Waals surface area contributed by atoms with E-state index in [9.17, 15) is 9.90 Å². The lowest BCUT2D eigenvalue weighted by molar-refractivity contribution is -0.138. The van der Waals surface area contributed by atoms with Crippen LogP contribution in [0.4, 0.5) is 0 Å². The van der Waals surface area contributed by atoms with Crippen molar-refractivity contribution in [2.75, 3.05) is 13.6 Å². The van der Waals surface area contributed by atoms with Crippen LogP contribution in [0.3, 0.4) is 0 Å². The van der Waals surface area contributed by atoms with Crippen molar-refractivity contribution in [3.63, 3.8) is 0 Å². The van der Waals surface area contributed by atoms with Crippen LogP contribution in [0.15, 0.2) is 18.2 Å². The van der Waals surface area contributed by atoms with Gasteiger partial charge in [0.25, 0.3) is 5.91 Å². The summed E-state index contributed by atoms with van der Waals surface area (Å²) in [4.78, 5) is 13.9. The van der Waals surface area contributed by atoms with Crippen LogP contribution in [0.1, 0.15) is 19.8 Å². The zero-order valence-electron chi connectivity index (χ0n) is 12.1. The predicted molar refractivity (Wildman–Crippen MR) is 82.9 cm³/mol. The first-order valence-corrected chi connectivity index (χ1v) is 7.67. The maximum absolute atomic E-state index is 12.3. The van der Waals surface area contributed by atoms with Gasteiger partial charge in [0.05, 0.1) is 11.1 Å². The first-order valence-electron chi connectivity index (χ1n) is 6.91. The summed E-state index contributed by atoms with van der Waals surface area (Å²) in [5.41, 5.74) is 0. The Balaban J connectivity index is 1.89. The van der Waals surface area contributed by atoms with E-state index in [2.05, 4.69) is 0 Å². The van der Waals surface area contributed by atoms with Crippen LogP contribution in [0.25, 0.3) is 0 Å². The van der Waals surface area contributed by atoms with Gasteiger partial charge < -0.3 is 14.7 Å². The van der Waals surface area contributed by atoms with Gasteiger partial charge in [0, 0.05) is 18.6 Å². The zero-order chi connectivity index (χ0) is 15.6. The lowest BCUT2D eigenvalue weighted by atomic mass is 9.82. The van der Waals surface area contributed by atoms with Crippen LogP contribution < -0.4 is 4.74 Å². The summed E-state index contributed by atoms with van der Waals surface area (Å²) >= 11 is 11.9. The number of ether oxygens (including phenoxy) is 1. The molecule has 116 valence electrons. The lowest BCUT2D eigenvalue weighted by Crippen LogP contribution is -2.44. The van der Waals surface area contributed by atoms with Crippen molar-refractivity contribution in [2.45, 2.75) is 32.0 Å². The van der Waals surface area contributed by atoms with Crippen LogP contribution in [-0.2, 0) is 4.79 Å². The molecule has 1 aromatic rings. The number of amides is 1. The first-order chi connectivity index (χ1) is 9.86. The SMILES string of the molecule is CC(Oc1ccc(Cl)cc1Cl)C(=O)N(C)CC1CC(O)C1. The van der Waals surface area contributed by atoms with Crippen molar-refractivity contribution >= 4 is 29.1 Å². The molecule has 0 aliphatic heterocycles. The number of rotatable bonds is 5.